The zero-order chi connectivity index (χ0) is 9.97. The zero-order valence-electron chi connectivity index (χ0n) is 7.51. The summed E-state index contributed by atoms with van der Waals surface area (Å²) in [6.07, 6.45) is 1.65. The summed E-state index contributed by atoms with van der Waals surface area (Å²) in [5, 5.41) is 8.80. The standard InChI is InChI=1S/C11H10O3/c12-7-9-6-10(11(13)14-9)8-4-2-1-3-5-8/h1-6,10,12H,7H2. The van der Waals surface area contributed by atoms with Crippen LogP contribution in [0.3, 0.4) is 0 Å². The third kappa shape index (κ3) is 1.54. The molecule has 0 bridgehead atoms. The summed E-state index contributed by atoms with van der Waals surface area (Å²) in [7, 11) is 0. The van der Waals surface area contributed by atoms with Crippen molar-refractivity contribution in [3.05, 3.63) is 47.7 Å². The molecule has 2 rings (SSSR count). The Morgan fingerprint density at radius 1 is 1.29 bits per heavy atom. The highest BCUT2D eigenvalue weighted by Gasteiger charge is 2.27. The molecule has 3 heteroatoms. The van der Waals surface area contributed by atoms with Gasteiger partial charge in [-0.15, -0.1) is 0 Å². The normalized spacial score (nSPS) is 20.5. The molecule has 0 spiro atoms. The zero-order valence-corrected chi connectivity index (χ0v) is 7.51. The maximum Gasteiger partial charge on any atom is 0.322 e. The maximum atomic E-state index is 11.4. The number of ether oxygens (including phenoxy) is 1. The minimum absolute atomic E-state index is 0.227. The van der Waals surface area contributed by atoms with Gasteiger partial charge in [0.15, 0.2) is 0 Å². The lowest BCUT2D eigenvalue weighted by Crippen LogP contribution is -2.06. The predicted octanol–water partition coefficient (Wildman–Crippen LogP) is 1.20. The first-order valence-corrected chi connectivity index (χ1v) is 4.39. The third-order valence-corrected chi connectivity index (χ3v) is 2.15. The van der Waals surface area contributed by atoms with E-state index in [1.54, 1.807) is 6.08 Å². The molecule has 1 N–H and O–H groups in total. The lowest BCUT2D eigenvalue weighted by molar-refractivity contribution is -0.138. The number of aliphatic hydroxyl groups is 1. The van der Waals surface area contributed by atoms with Gasteiger partial charge in [-0.2, -0.15) is 0 Å². The summed E-state index contributed by atoms with van der Waals surface area (Å²) in [6, 6.07) is 9.35. The fourth-order valence-electron chi connectivity index (χ4n) is 1.46. The van der Waals surface area contributed by atoms with E-state index in [9.17, 15) is 4.79 Å². The van der Waals surface area contributed by atoms with Crippen LogP contribution in [-0.2, 0) is 9.53 Å². The van der Waals surface area contributed by atoms with Gasteiger partial charge in [0.2, 0.25) is 0 Å². The molecule has 1 aromatic carbocycles. The molecule has 0 amide bonds. The van der Waals surface area contributed by atoms with Gasteiger partial charge in [0.25, 0.3) is 0 Å². The monoisotopic (exact) mass is 190 g/mol. The van der Waals surface area contributed by atoms with Crippen molar-refractivity contribution in [2.24, 2.45) is 0 Å². The molecule has 1 aliphatic rings. The number of carbonyl (C=O) groups is 1. The lowest BCUT2D eigenvalue weighted by atomic mass is 10.0. The largest absolute Gasteiger partial charge is 0.428 e. The molecule has 1 atom stereocenters. The van der Waals surface area contributed by atoms with Crippen LogP contribution in [0.25, 0.3) is 0 Å². The number of esters is 1. The van der Waals surface area contributed by atoms with E-state index in [0.29, 0.717) is 5.76 Å². The predicted molar refractivity (Wildman–Crippen MR) is 50.4 cm³/mol. The van der Waals surface area contributed by atoms with Gasteiger partial charge in [0.05, 0.1) is 0 Å². The van der Waals surface area contributed by atoms with Crippen molar-refractivity contribution in [3.63, 3.8) is 0 Å². The van der Waals surface area contributed by atoms with Crippen LogP contribution in [0.15, 0.2) is 42.2 Å². The third-order valence-electron chi connectivity index (χ3n) is 2.15. The molecule has 0 aliphatic carbocycles. The minimum Gasteiger partial charge on any atom is -0.428 e. The molecule has 0 aromatic heterocycles. The van der Waals surface area contributed by atoms with Crippen molar-refractivity contribution >= 4 is 5.97 Å². The first kappa shape index (κ1) is 8.97. The number of benzene rings is 1. The summed E-state index contributed by atoms with van der Waals surface area (Å²) in [5.41, 5.74) is 0.890. The fourth-order valence-corrected chi connectivity index (χ4v) is 1.46. The van der Waals surface area contributed by atoms with Crippen molar-refractivity contribution in [3.8, 4) is 0 Å². The summed E-state index contributed by atoms with van der Waals surface area (Å²) in [5.74, 6) is -0.345. The summed E-state index contributed by atoms with van der Waals surface area (Å²) in [4.78, 5) is 11.4. The van der Waals surface area contributed by atoms with E-state index in [2.05, 4.69) is 0 Å². The molecule has 0 saturated carbocycles. The Morgan fingerprint density at radius 3 is 2.57 bits per heavy atom. The highest BCUT2D eigenvalue weighted by atomic mass is 16.5. The summed E-state index contributed by atoms with van der Waals surface area (Å²) >= 11 is 0. The second-order valence-corrected chi connectivity index (χ2v) is 3.10. The Morgan fingerprint density at radius 2 is 2.00 bits per heavy atom. The molecule has 3 nitrogen and oxygen atoms in total. The van der Waals surface area contributed by atoms with E-state index in [4.69, 9.17) is 9.84 Å². The lowest BCUT2D eigenvalue weighted by Gasteiger charge is -2.03. The molecular formula is C11H10O3. The summed E-state index contributed by atoms with van der Waals surface area (Å²) in [6.45, 7) is -0.227. The van der Waals surface area contributed by atoms with E-state index in [1.807, 2.05) is 30.3 Å². The Balaban J connectivity index is 2.28. The Bertz CT molecular complexity index is 367. The maximum absolute atomic E-state index is 11.4. The van der Waals surface area contributed by atoms with Crippen LogP contribution in [-0.4, -0.2) is 17.7 Å². The Labute approximate surface area is 81.6 Å². The molecule has 1 heterocycles. The number of aliphatic hydroxyl groups excluding tert-OH is 1. The Kier molecular flexibility index (Phi) is 2.33. The average Bonchev–Trinajstić information content (AvgIpc) is 2.61. The molecule has 1 unspecified atom stereocenters. The van der Waals surface area contributed by atoms with Crippen LogP contribution in [0.5, 0.6) is 0 Å². The van der Waals surface area contributed by atoms with E-state index >= 15 is 0 Å². The van der Waals surface area contributed by atoms with Crippen molar-refractivity contribution in [2.75, 3.05) is 6.61 Å². The molecule has 72 valence electrons. The van der Waals surface area contributed by atoms with Crippen molar-refractivity contribution in [1.82, 2.24) is 0 Å². The number of hydrogen-bond acceptors (Lipinski definition) is 3. The quantitative estimate of drug-likeness (QED) is 0.713. The SMILES string of the molecule is O=C1OC(CO)=CC1c1ccccc1. The van der Waals surface area contributed by atoms with Crippen LogP contribution in [0.2, 0.25) is 0 Å². The first-order chi connectivity index (χ1) is 6.81. The number of rotatable bonds is 2. The molecular weight excluding hydrogens is 180 g/mol. The average molecular weight is 190 g/mol. The van der Waals surface area contributed by atoms with Crippen molar-refractivity contribution in [2.45, 2.75) is 5.92 Å². The molecule has 14 heavy (non-hydrogen) atoms. The van der Waals surface area contributed by atoms with Gasteiger partial charge in [-0.25, -0.2) is 0 Å². The Hall–Kier alpha value is -1.61. The van der Waals surface area contributed by atoms with Crippen molar-refractivity contribution < 1.29 is 14.6 Å². The minimum atomic E-state index is -0.363. The molecule has 1 aliphatic heterocycles. The highest BCUT2D eigenvalue weighted by molar-refractivity contribution is 5.84. The van der Waals surface area contributed by atoms with E-state index < -0.39 is 0 Å². The second kappa shape index (κ2) is 3.64. The van der Waals surface area contributed by atoms with Crippen LogP contribution in [0.4, 0.5) is 0 Å². The van der Waals surface area contributed by atoms with Gasteiger partial charge in [-0.05, 0) is 11.6 Å². The number of carbonyl (C=O) groups excluding carboxylic acids is 1. The molecule has 0 radical (unpaired) electrons. The highest BCUT2D eigenvalue weighted by Crippen LogP contribution is 2.26. The van der Waals surface area contributed by atoms with Crippen LogP contribution < -0.4 is 0 Å². The van der Waals surface area contributed by atoms with Gasteiger partial charge in [0.1, 0.15) is 18.3 Å². The van der Waals surface area contributed by atoms with Gasteiger partial charge in [-0.1, -0.05) is 30.3 Å². The van der Waals surface area contributed by atoms with Gasteiger partial charge >= 0.3 is 5.97 Å². The molecule has 1 aromatic rings. The smallest absolute Gasteiger partial charge is 0.322 e. The number of hydrogen-bond donors (Lipinski definition) is 1. The van der Waals surface area contributed by atoms with E-state index in [1.165, 1.54) is 0 Å². The first-order valence-electron chi connectivity index (χ1n) is 4.39. The van der Waals surface area contributed by atoms with Gasteiger partial charge in [0, 0.05) is 0 Å². The van der Waals surface area contributed by atoms with Crippen LogP contribution in [0.1, 0.15) is 11.5 Å². The number of cyclic esters (lactones) is 1. The summed E-state index contributed by atoms with van der Waals surface area (Å²) < 4.78 is 4.85. The van der Waals surface area contributed by atoms with E-state index in [0.717, 1.165) is 5.56 Å². The van der Waals surface area contributed by atoms with Gasteiger partial charge < -0.3 is 9.84 Å². The molecule has 0 saturated heterocycles. The fraction of sp³-hybridized carbons (Fsp3) is 0.182. The van der Waals surface area contributed by atoms with Gasteiger partial charge in [-0.3, -0.25) is 4.79 Å². The topological polar surface area (TPSA) is 46.5 Å². The van der Waals surface area contributed by atoms with Crippen molar-refractivity contribution in [1.29, 1.82) is 0 Å². The van der Waals surface area contributed by atoms with Crippen LogP contribution >= 0.6 is 0 Å². The van der Waals surface area contributed by atoms with Crippen LogP contribution in [0, 0.1) is 0 Å². The second-order valence-electron chi connectivity index (χ2n) is 3.10. The van der Waals surface area contributed by atoms with E-state index in [-0.39, 0.29) is 18.5 Å². The molecule has 0 fully saturated rings.